The smallest absolute Gasteiger partial charge is 0.320 e. The molecule has 2 fully saturated rings. The Morgan fingerprint density at radius 1 is 1.12 bits per heavy atom. The molecule has 3 aliphatic rings. The first kappa shape index (κ1) is 29.6. The summed E-state index contributed by atoms with van der Waals surface area (Å²) in [6.45, 7) is 2.00. The Kier molecular flexibility index (Phi) is 7.31. The zero-order valence-electron chi connectivity index (χ0n) is 23.6. The zero-order valence-corrected chi connectivity index (χ0v) is 23.6. The third-order valence-corrected chi connectivity index (χ3v) is 9.05. The molecule has 1 aliphatic heterocycles. The lowest BCUT2D eigenvalue weighted by Gasteiger charge is -2.40. The van der Waals surface area contributed by atoms with Crippen molar-refractivity contribution >= 4 is 11.6 Å². The average Bonchev–Trinajstić information content (AvgIpc) is 3.46. The number of halogens is 6. The number of carbonyl (C=O) groups excluding carboxylic acids is 1. The van der Waals surface area contributed by atoms with Crippen molar-refractivity contribution < 1.29 is 35.9 Å². The molecule has 1 amide bonds. The minimum atomic E-state index is -4.73. The number of aryl methyl sites for hydroxylation is 1. The van der Waals surface area contributed by atoms with E-state index in [4.69, 9.17) is 0 Å². The van der Waals surface area contributed by atoms with E-state index in [1.54, 1.807) is 41.9 Å². The zero-order chi connectivity index (χ0) is 30.7. The average molecular weight is 608 g/mol. The van der Waals surface area contributed by atoms with Crippen molar-refractivity contribution in [3.63, 3.8) is 0 Å². The largest absolute Gasteiger partial charge is 0.522 e. The number of hydrogen-bond donors (Lipinski definition) is 1. The van der Waals surface area contributed by atoms with Crippen molar-refractivity contribution in [2.45, 2.75) is 82.2 Å². The molecule has 230 valence electrons. The Morgan fingerprint density at radius 3 is 2.47 bits per heavy atom. The number of fused-ring (bicyclic) bond motifs is 1. The summed E-state index contributed by atoms with van der Waals surface area (Å²) in [7, 11) is 1.73. The number of alkyl halides is 6. The lowest BCUT2D eigenvalue weighted by atomic mass is 9.70. The molecule has 13 heteroatoms. The molecule has 1 atom stereocenters. The topological polar surface area (TPSA) is 72.3 Å². The van der Waals surface area contributed by atoms with E-state index >= 15 is 0 Å². The third kappa shape index (κ3) is 5.88. The highest BCUT2D eigenvalue weighted by Crippen LogP contribution is 2.47. The van der Waals surface area contributed by atoms with Gasteiger partial charge in [0.05, 0.1) is 18.2 Å². The van der Waals surface area contributed by atoms with E-state index in [-0.39, 0.29) is 48.5 Å². The van der Waals surface area contributed by atoms with Crippen LogP contribution in [0.15, 0.2) is 42.7 Å². The van der Waals surface area contributed by atoms with E-state index in [9.17, 15) is 31.1 Å². The second kappa shape index (κ2) is 10.6. The lowest BCUT2D eigenvalue weighted by Crippen LogP contribution is -2.47. The van der Waals surface area contributed by atoms with Gasteiger partial charge in [-0.05, 0) is 85.9 Å². The minimum Gasteiger partial charge on any atom is -0.320 e. The first-order chi connectivity index (χ1) is 20.2. The van der Waals surface area contributed by atoms with Gasteiger partial charge >= 0.3 is 12.5 Å². The number of anilines is 1. The number of nitrogens with one attached hydrogen (secondary N) is 1. The Bertz CT molecular complexity index is 1520. The maximum Gasteiger partial charge on any atom is 0.522 e. The molecule has 6 rings (SSSR count). The summed E-state index contributed by atoms with van der Waals surface area (Å²) in [4.78, 5) is 14.9. The highest BCUT2D eigenvalue weighted by Gasteiger charge is 2.45. The van der Waals surface area contributed by atoms with Crippen molar-refractivity contribution in [3.05, 3.63) is 76.4 Å². The molecule has 0 bridgehead atoms. The molecule has 2 aliphatic carbocycles. The van der Waals surface area contributed by atoms with Crippen LogP contribution in [0, 0.1) is 5.92 Å². The van der Waals surface area contributed by atoms with Gasteiger partial charge in [0, 0.05) is 36.3 Å². The summed E-state index contributed by atoms with van der Waals surface area (Å²) in [5.74, 6) is -0.717. The molecule has 43 heavy (non-hydrogen) atoms. The van der Waals surface area contributed by atoms with Crippen LogP contribution in [-0.2, 0) is 31.1 Å². The van der Waals surface area contributed by atoms with Gasteiger partial charge in [-0.15, -0.1) is 23.4 Å². The molecular weight excluding hydrogens is 576 g/mol. The Balaban J connectivity index is 1.29. The summed E-state index contributed by atoms with van der Waals surface area (Å²) in [5.41, 5.74) is 0.461. The van der Waals surface area contributed by atoms with E-state index in [0.717, 1.165) is 25.3 Å². The van der Waals surface area contributed by atoms with E-state index in [1.807, 2.05) is 6.92 Å². The molecule has 2 aromatic carbocycles. The Morgan fingerprint density at radius 2 is 1.86 bits per heavy atom. The normalized spacial score (nSPS) is 22.2. The predicted molar refractivity (Wildman–Crippen MR) is 144 cm³/mol. The molecule has 0 radical (unpaired) electrons. The van der Waals surface area contributed by atoms with Gasteiger partial charge in [0.2, 0.25) is 0 Å². The van der Waals surface area contributed by atoms with Crippen molar-refractivity contribution in [3.8, 4) is 0 Å². The van der Waals surface area contributed by atoms with Gasteiger partial charge in [-0.1, -0.05) is 12.1 Å². The Labute approximate surface area is 244 Å². The number of carbonyl (C=O) groups is 1. The fraction of sp³-hybridized carbons (Fsp3) is 0.500. The number of amides is 1. The summed E-state index contributed by atoms with van der Waals surface area (Å²) in [6, 6.07) is 9.48. The van der Waals surface area contributed by atoms with Gasteiger partial charge < -0.3 is 14.8 Å². The molecule has 1 unspecified atom stereocenters. The number of benzene rings is 2. The van der Waals surface area contributed by atoms with E-state index < -0.39 is 36.0 Å². The molecular formula is C30H31F6N5O2. The first-order valence-electron chi connectivity index (χ1n) is 14.2. The van der Waals surface area contributed by atoms with Gasteiger partial charge in [-0.2, -0.15) is 13.2 Å². The van der Waals surface area contributed by atoms with E-state index in [1.165, 1.54) is 11.2 Å². The van der Waals surface area contributed by atoms with Crippen LogP contribution >= 0.6 is 0 Å². The first-order valence-corrected chi connectivity index (χ1v) is 14.2. The van der Waals surface area contributed by atoms with Crippen molar-refractivity contribution in [2.24, 2.45) is 13.0 Å². The monoisotopic (exact) mass is 607 g/mol. The van der Waals surface area contributed by atoms with Gasteiger partial charge in [0.25, 0.3) is 5.91 Å². The summed E-state index contributed by atoms with van der Waals surface area (Å²) < 4.78 is 86.8. The fourth-order valence-corrected chi connectivity index (χ4v) is 6.49. The summed E-state index contributed by atoms with van der Waals surface area (Å²) in [5, 5.41) is 11.5. The highest BCUT2D eigenvalue weighted by atomic mass is 19.4. The van der Waals surface area contributed by atoms with E-state index in [2.05, 4.69) is 20.3 Å². The van der Waals surface area contributed by atoms with Crippen LogP contribution in [0.1, 0.15) is 83.4 Å². The second-order valence-electron chi connectivity index (χ2n) is 12.1. The van der Waals surface area contributed by atoms with Crippen LogP contribution < -0.4 is 10.2 Å². The van der Waals surface area contributed by atoms with Crippen LogP contribution in [0.4, 0.5) is 32.0 Å². The molecule has 1 N–H and O–H groups in total. The third-order valence-electron chi connectivity index (χ3n) is 9.05. The van der Waals surface area contributed by atoms with Gasteiger partial charge in [0.1, 0.15) is 12.2 Å². The van der Waals surface area contributed by atoms with Crippen molar-refractivity contribution in [1.29, 1.82) is 0 Å². The molecule has 1 aromatic heterocycles. The van der Waals surface area contributed by atoms with Crippen LogP contribution in [0.3, 0.4) is 0 Å². The number of rotatable bonds is 8. The van der Waals surface area contributed by atoms with Crippen LogP contribution in [0.25, 0.3) is 0 Å². The highest BCUT2D eigenvalue weighted by molar-refractivity contribution is 6.10. The molecule has 3 aromatic rings. The van der Waals surface area contributed by atoms with Crippen molar-refractivity contribution in [2.75, 3.05) is 4.90 Å². The summed E-state index contributed by atoms with van der Waals surface area (Å²) in [6.07, 6.45) is -5.64. The number of hydrogen-bond acceptors (Lipinski definition) is 5. The number of nitrogens with zero attached hydrogens (tertiary/aromatic N) is 4. The summed E-state index contributed by atoms with van der Waals surface area (Å²) >= 11 is 0. The van der Waals surface area contributed by atoms with Crippen LogP contribution in [-0.4, -0.2) is 38.7 Å². The van der Waals surface area contributed by atoms with E-state index in [0.29, 0.717) is 22.6 Å². The maximum absolute atomic E-state index is 14.2. The molecule has 0 spiro atoms. The maximum atomic E-state index is 14.2. The number of aromatic nitrogens is 3. The minimum absolute atomic E-state index is 0.0202. The standard InChI is InChI=1S/C30H31F6N5O2/c1-28(7-4-8-28)37-14-17-9-22-23(24(10-17)29(31,32)33)15-41(27(22)42)20-6-3-5-18(11-20)25(26-39-38-16-40(26)2)19-12-21(13-19)43-30(34,35)36/h3,5-6,9-11,16,19,21,25,37H,4,7-8,12-15H2,1-2H3. The van der Waals surface area contributed by atoms with Crippen LogP contribution in [0.2, 0.25) is 0 Å². The predicted octanol–water partition coefficient (Wildman–Crippen LogP) is 6.47. The molecule has 2 heterocycles. The van der Waals surface area contributed by atoms with Crippen molar-refractivity contribution in [1.82, 2.24) is 20.1 Å². The molecule has 7 nitrogen and oxygen atoms in total. The quantitative estimate of drug-likeness (QED) is 0.297. The fourth-order valence-electron chi connectivity index (χ4n) is 6.49. The van der Waals surface area contributed by atoms with Gasteiger partial charge in [0.15, 0.2) is 0 Å². The second-order valence-corrected chi connectivity index (χ2v) is 12.1. The molecule has 2 saturated carbocycles. The van der Waals surface area contributed by atoms with Crippen LogP contribution in [0.5, 0.6) is 0 Å². The lowest BCUT2D eigenvalue weighted by molar-refractivity contribution is -0.354. The van der Waals surface area contributed by atoms with Gasteiger partial charge in [-0.3, -0.25) is 9.53 Å². The van der Waals surface area contributed by atoms with Gasteiger partial charge in [-0.25, -0.2) is 0 Å². The number of ether oxygens (including phenoxy) is 1. The molecule has 0 saturated heterocycles. The SMILES string of the molecule is Cn1cnnc1C(c1cccc(N2Cc3c(cc(CNC4(C)CCC4)cc3C(F)(F)F)C2=O)c1)C1CC(OC(F)(F)F)C1. The Hall–Kier alpha value is -3.45.